The van der Waals surface area contributed by atoms with Crippen molar-refractivity contribution in [3.8, 4) is 0 Å². The minimum absolute atomic E-state index is 0. The number of carbonyl (C=O) groups is 3. The van der Waals surface area contributed by atoms with Gasteiger partial charge in [0.15, 0.2) is 0 Å². The van der Waals surface area contributed by atoms with Crippen molar-refractivity contribution < 1.29 is 40.2 Å². The Balaban J connectivity index is 0.00000170. The van der Waals surface area contributed by atoms with Gasteiger partial charge in [0.05, 0.1) is 26.8 Å². The van der Waals surface area contributed by atoms with Crippen LogP contribution in [0.15, 0.2) is 36.4 Å². The number of rotatable bonds is 5. The van der Waals surface area contributed by atoms with E-state index in [1.165, 1.54) is 16.2 Å². The molecule has 3 amide bonds. The summed E-state index contributed by atoms with van der Waals surface area (Å²) in [6.07, 6.45) is -0.895. The van der Waals surface area contributed by atoms with Gasteiger partial charge in [-0.05, 0) is 59.0 Å². The summed E-state index contributed by atoms with van der Waals surface area (Å²) < 4.78 is 6.34. The van der Waals surface area contributed by atoms with Gasteiger partial charge < -0.3 is 33.9 Å². The van der Waals surface area contributed by atoms with E-state index < -0.39 is 18.1 Å². The molecule has 0 bridgehead atoms. The Bertz CT molecular complexity index is 851. The molecule has 164 valence electrons. The van der Waals surface area contributed by atoms with Gasteiger partial charge in [0.2, 0.25) is 0 Å². The van der Waals surface area contributed by atoms with E-state index in [0.29, 0.717) is 22.8 Å². The molecule has 0 aliphatic carbocycles. The van der Waals surface area contributed by atoms with Crippen LogP contribution in [-0.2, 0) is 30.6 Å². The molecule has 3 rings (SSSR count). The molecule has 2 aromatic rings. The van der Waals surface area contributed by atoms with Gasteiger partial charge in [0, 0.05) is 11.4 Å². The van der Waals surface area contributed by atoms with Crippen LogP contribution in [0.25, 0.3) is 0 Å². The summed E-state index contributed by atoms with van der Waals surface area (Å²) in [5.74, 6) is -0.588. The van der Waals surface area contributed by atoms with E-state index in [2.05, 4.69) is 54.8 Å². The number of anilines is 2. The fraction of sp³-hybridized carbons (Fsp3) is 0.250. The Kier molecular flexibility index (Phi) is 14.6. The van der Waals surface area contributed by atoms with Crippen molar-refractivity contribution in [3.63, 3.8) is 0 Å². The molecule has 0 saturated carbocycles. The molecule has 1 aromatic carbocycles. The second-order valence-electron chi connectivity index (χ2n) is 5.53. The topological polar surface area (TPSA) is 87.7 Å². The average molecular weight is 723 g/mol. The molecule has 11 heteroatoms. The average Bonchev–Trinajstić information content (AvgIpc) is 3.35. The first kappa shape index (κ1) is 29.5. The Morgan fingerprint density at radius 3 is 2.35 bits per heavy atom. The fourth-order valence-electron chi connectivity index (χ4n) is 2.45. The van der Waals surface area contributed by atoms with Crippen molar-refractivity contribution in [2.75, 3.05) is 23.3 Å². The van der Waals surface area contributed by atoms with Crippen LogP contribution >= 0.6 is 33.9 Å². The molecule has 1 aliphatic rings. The smallest absolute Gasteiger partial charge is 0.442 e. The number of nitrogens with one attached hydrogen (secondary N) is 2. The minimum atomic E-state index is -0.469. The summed E-state index contributed by atoms with van der Waals surface area (Å²) in [6.45, 7) is 10.6. The van der Waals surface area contributed by atoms with Gasteiger partial charge in [-0.2, -0.15) is 7.85 Å². The molecule has 1 atom stereocenters. The van der Waals surface area contributed by atoms with Gasteiger partial charge >= 0.3 is 27.2 Å². The molecule has 7 nitrogen and oxygen atoms in total. The molecule has 1 fully saturated rings. The molecule has 31 heavy (non-hydrogen) atoms. The number of halogens is 1. The first-order valence-electron chi connectivity index (χ1n) is 9.08. The van der Waals surface area contributed by atoms with E-state index in [0.717, 1.165) is 2.88 Å². The summed E-state index contributed by atoms with van der Waals surface area (Å²) in [6, 6.07) is 10.4. The van der Waals surface area contributed by atoms with Crippen molar-refractivity contribution in [2.45, 2.75) is 20.0 Å². The Labute approximate surface area is 216 Å². The maximum atomic E-state index is 12.1. The molecular weight excluding hydrogens is 700 g/mol. The molecule has 1 aliphatic heterocycles. The summed E-state index contributed by atoms with van der Waals surface area (Å²) in [7, 11) is 4.25. The van der Waals surface area contributed by atoms with Gasteiger partial charge in [-0.25, -0.2) is 4.79 Å². The third-order valence-electron chi connectivity index (χ3n) is 3.62. The maximum absolute atomic E-state index is 12.1. The number of hydrogen-bond acceptors (Lipinski definition) is 5. The van der Waals surface area contributed by atoms with Crippen molar-refractivity contribution in [3.05, 3.63) is 57.9 Å². The Morgan fingerprint density at radius 1 is 1.23 bits per heavy atom. The predicted molar refractivity (Wildman–Crippen MR) is 130 cm³/mol. The molecule has 2 radical (unpaired) electrons. The minimum Gasteiger partial charge on any atom is -0.442 e. The maximum Gasteiger partial charge on any atom is 2.00 e. The molecule has 1 saturated heterocycles. The summed E-state index contributed by atoms with van der Waals surface area (Å²) in [5.41, 5.74) is 1.24. The largest absolute Gasteiger partial charge is 2.00 e. The van der Waals surface area contributed by atoms with Crippen LogP contribution in [0.3, 0.4) is 0 Å². The van der Waals surface area contributed by atoms with Crippen molar-refractivity contribution in [2.24, 2.45) is 0 Å². The summed E-state index contributed by atoms with van der Waals surface area (Å²) >= 11 is 3.56. The Hall–Kier alpha value is -1.52. The van der Waals surface area contributed by atoms with Crippen LogP contribution in [0.2, 0.25) is 0 Å². The van der Waals surface area contributed by atoms with Gasteiger partial charge in [-0.15, -0.1) is 11.3 Å². The second kappa shape index (κ2) is 15.3. The molecule has 2 N–H and O–H groups in total. The van der Waals surface area contributed by atoms with Crippen molar-refractivity contribution >= 4 is 71.1 Å². The van der Waals surface area contributed by atoms with Crippen LogP contribution in [-0.4, -0.2) is 44.9 Å². The quantitative estimate of drug-likeness (QED) is 0.279. The predicted octanol–water partition coefficient (Wildman–Crippen LogP) is 3.85. The first-order valence-corrected chi connectivity index (χ1v) is 11.0. The van der Waals surface area contributed by atoms with E-state index in [9.17, 15) is 14.4 Å². The van der Waals surface area contributed by atoms with E-state index in [1.807, 2.05) is 19.9 Å². The zero-order valence-corrected chi connectivity index (χ0v) is 23.1. The van der Waals surface area contributed by atoms with Crippen molar-refractivity contribution in [1.82, 2.24) is 5.32 Å². The van der Waals surface area contributed by atoms with E-state index >= 15 is 0 Å². The molecule has 2 heterocycles. The number of ether oxygens (including phenoxy) is 1. The normalized spacial score (nSPS) is 14.0. The third-order valence-corrected chi connectivity index (χ3v) is 5.52. The standard InChI is InChI=1S/C17H15IN3O4S.C2H6.CH2B.W/c1-10(22)20-11-2-4-12(5-3-11)21-9-13(25-17(21)24)8-19-16(23)14-6-7-15(18)26-14;2*1-2;/h2-7,13H,1,8-9H2,(H,19,23)(H,20,22);1-2H3;1H2;/q-1;;-1;+2. The van der Waals surface area contributed by atoms with Crippen LogP contribution in [0.5, 0.6) is 0 Å². The van der Waals surface area contributed by atoms with Gasteiger partial charge in [0.1, 0.15) is 6.10 Å². The number of carbonyl (C=O) groups excluding carboxylic acids is 3. The van der Waals surface area contributed by atoms with Crippen LogP contribution in [0.1, 0.15) is 23.5 Å². The number of cyclic esters (lactones) is 1. The van der Waals surface area contributed by atoms with Gasteiger partial charge in [-0.3, -0.25) is 9.69 Å². The molecule has 1 unspecified atom stereocenters. The zero-order chi connectivity index (χ0) is 22.7. The van der Waals surface area contributed by atoms with E-state index in [-0.39, 0.29) is 33.5 Å². The monoisotopic (exact) mass is 723 g/mol. The molecule has 1 aromatic heterocycles. The number of amides is 3. The second-order valence-corrected chi connectivity index (χ2v) is 8.50. The van der Waals surface area contributed by atoms with Crippen LogP contribution in [0.4, 0.5) is 16.2 Å². The van der Waals surface area contributed by atoms with Gasteiger partial charge in [-0.1, -0.05) is 13.8 Å². The van der Waals surface area contributed by atoms with E-state index in [1.54, 1.807) is 30.3 Å². The summed E-state index contributed by atoms with van der Waals surface area (Å²) in [5, 5.41) is 5.35. The van der Waals surface area contributed by atoms with Crippen LogP contribution < -0.4 is 15.5 Å². The van der Waals surface area contributed by atoms with Gasteiger partial charge in [0.25, 0.3) is 5.91 Å². The SMILES string of the molecule is CC.[B][CH2-].[CH2-]C(=O)Nc1ccc(N2CC(CNC(=O)c3ccc(I)s3)OC2=O)cc1.[W+2]. The summed E-state index contributed by atoms with van der Waals surface area (Å²) in [4.78, 5) is 37.2. The third kappa shape index (κ3) is 9.25. The fourth-order valence-corrected chi connectivity index (χ4v) is 3.99. The number of thiophene rings is 1. The number of hydrogen-bond donors (Lipinski definition) is 2. The number of nitrogens with zero attached hydrogens (tertiary/aromatic N) is 1. The van der Waals surface area contributed by atoms with E-state index in [4.69, 9.17) is 4.74 Å². The first-order chi connectivity index (χ1) is 14.4. The molecular formula is C20H23BIN3O4SW. The zero-order valence-electron chi connectivity index (χ0n) is 17.2. The number of benzene rings is 1. The van der Waals surface area contributed by atoms with Crippen molar-refractivity contribution in [1.29, 1.82) is 0 Å². The van der Waals surface area contributed by atoms with Crippen LogP contribution in [0, 0.1) is 16.6 Å². The molecule has 0 spiro atoms. The Morgan fingerprint density at radius 2 is 1.84 bits per heavy atom.